The molecule has 0 saturated carbocycles. The van der Waals surface area contributed by atoms with E-state index in [2.05, 4.69) is 19.2 Å². The first-order chi connectivity index (χ1) is 12.5. The lowest BCUT2D eigenvalue weighted by Crippen LogP contribution is -2.32. The molecule has 5 heteroatoms. The van der Waals surface area contributed by atoms with Gasteiger partial charge in [-0.1, -0.05) is 38.1 Å². The van der Waals surface area contributed by atoms with Crippen molar-refractivity contribution in [3.05, 3.63) is 65.2 Å². The summed E-state index contributed by atoms with van der Waals surface area (Å²) in [5, 5.41) is 2.81. The minimum atomic E-state index is -0.337. The topological polar surface area (TPSA) is 66.5 Å². The molecule has 0 bridgehead atoms. The molecule has 0 aromatic heterocycles. The fourth-order valence-corrected chi connectivity index (χ4v) is 3.01. The van der Waals surface area contributed by atoms with E-state index >= 15 is 0 Å². The van der Waals surface area contributed by atoms with Gasteiger partial charge in [-0.2, -0.15) is 0 Å². The number of nitrogens with zero attached hydrogens (tertiary/aromatic N) is 1. The van der Waals surface area contributed by atoms with E-state index in [1.807, 2.05) is 24.3 Å². The minimum absolute atomic E-state index is 0.0680. The van der Waals surface area contributed by atoms with Crippen molar-refractivity contribution in [2.75, 3.05) is 11.9 Å². The number of anilines is 1. The summed E-state index contributed by atoms with van der Waals surface area (Å²) in [6, 6.07) is 14.5. The quantitative estimate of drug-likeness (QED) is 0.805. The highest BCUT2D eigenvalue weighted by molar-refractivity contribution is 6.21. The normalized spacial score (nSPS) is 14.3. The molecule has 0 fully saturated rings. The number of carbonyl (C=O) groups excluding carboxylic acids is 3. The van der Waals surface area contributed by atoms with Crippen molar-refractivity contribution in [2.24, 2.45) is 0 Å². The van der Waals surface area contributed by atoms with E-state index < -0.39 is 0 Å². The molecule has 0 saturated heterocycles. The van der Waals surface area contributed by atoms with Crippen molar-refractivity contribution in [3.63, 3.8) is 0 Å². The standard InChI is InChI=1S/C21H22N2O3/c1-3-14(2)15-8-10-16(11-9-15)22-19(24)12-13-23-20(25)17-6-4-5-7-18(17)21(23)26/h4-11,14H,3,12-13H2,1-2H3,(H,22,24)/t14-/m0/s1. The van der Waals surface area contributed by atoms with E-state index in [-0.39, 0.29) is 30.7 Å². The van der Waals surface area contributed by atoms with Crippen LogP contribution in [0.25, 0.3) is 0 Å². The van der Waals surface area contributed by atoms with Crippen molar-refractivity contribution >= 4 is 23.4 Å². The molecule has 2 aromatic carbocycles. The number of nitrogens with one attached hydrogen (secondary N) is 1. The molecule has 134 valence electrons. The van der Waals surface area contributed by atoms with Gasteiger partial charge in [0.2, 0.25) is 5.91 Å². The first-order valence-corrected chi connectivity index (χ1v) is 8.86. The van der Waals surface area contributed by atoms with E-state index in [9.17, 15) is 14.4 Å². The maximum absolute atomic E-state index is 12.3. The van der Waals surface area contributed by atoms with Gasteiger partial charge in [0, 0.05) is 18.7 Å². The van der Waals surface area contributed by atoms with Crippen LogP contribution in [0, 0.1) is 0 Å². The molecule has 3 rings (SSSR count). The molecule has 5 nitrogen and oxygen atoms in total. The Labute approximate surface area is 153 Å². The summed E-state index contributed by atoms with van der Waals surface area (Å²) in [4.78, 5) is 37.9. The maximum Gasteiger partial charge on any atom is 0.261 e. The first kappa shape index (κ1) is 17.9. The molecule has 2 aromatic rings. The third-order valence-electron chi connectivity index (χ3n) is 4.82. The molecule has 0 aliphatic carbocycles. The largest absolute Gasteiger partial charge is 0.326 e. The second kappa shape index (κ2) is 7.52. The lowest BCUT2D eigenvalue weighted by molar-refractivity contribution is -0.116. The summed E-state index contributed by atoms with van der Waals surface area (Å²) in [7, 11) is 0. The molecular weight excluding hydrogens is 328 g/mol. The SMILES string of the molecule is CC[C@H](C)c1ccc(NC(=O)CCN2C(=O)c3ccccc3C2=O)cc1. The molecule has 0 spiro atoms. The van der Waals surface area contributed by atoms with E-state index in [1.165, 1.54) is 5.56 Å². The number of benzene rings is 2. The van der Waals surface area contributed by atoms with Gasteiger partial charge in [-0.05, 0) is 42.2 Å². The summed E-state index contributed by atoms with van der Waals surface area (Å²) < 4.78 is 0. The molecule has 1 aliphatic heterocycles. The highest BCUT2D eigenvalue weighted by atomic mass is 16.2. The number of hydrogen-bond acceptors (Lipinski definition) is 3. The molecular formula is C21H22N2O3. The van der Waals surface area contributed by atoms with Crippen LogP contribution < -0.4 is 5.32 Å². The Morgan fingerprint density at radius 1 is 1.00 bits per heavy atom. The zero-order valence-corrected chi connectivity index (χ0v) is 15.0. The van der Waals surface area contributed by atoms with Crippen LogP contribution in [0.4, 0.5) is 5.69 Å². The van der Waals surface area contributed by atoms with Crippen LogP contribution in [0.15, 0.2) is 48.5 Å². The molecule has 0 unspecified atom stereocenters. The number of carbonyl (C=O) groups is 3. The van der Waals surface area contributed by atoms with E-state index in [0.717, 1.165) is 11.3 Å². The third kappa shape index (κ3) is 3.52. The third-order valence-corrected chi connectivity index (χ3v) is 4.82. The summed E-state index contributed by atoms with van der Waals surface area (Å²) >= 11 is 0. The predicted molar refractivity (Wildman–Crippen MR) is 100 cm³/mol. The van der Waals surface area contributed by atoms with Crippen LogP contribution in [0.2, 0.25) is 0 Å². The Morgan fingerprint density at radius 3 is 2.12 bits per heavy atom. The van der Waals surface area contributed by atoms with Gasteiger partial charge in [0.25, 0.3) is 11.8 Å². The van der Waals surface area contributed by atoms with Crippen molar-refractivity contribution in [3.8, 4) is 0 Å². The van der Waals surface area contributed by atoms with E-state index in [0.29, 0.717) is 22.7 Å². The highest BCUT2D eigenvalue weighted by Gasteiger charge is 2.34. The van der Waals surface area contributed by atoms with Gasteiger partial charge in [-0.3, -0.25) is 19.3 Å². The fraction of sp³-hybridized carbons (Fsp3) is 0.286. The molecule has 3 amide bonds. The zero-order chi connectivity index (χ0) is 18.7. The number of fused-ring (bicyclic) bond motifs is 1. The molecule has 26 heavy (non-hydrogen) atoms. The van der Waals surface area contributed by atoms with Gasteiger partial charge in [0.05, 0.1) is 11.1 Å². The molecule has 1 atom stereocenters. The van der Waals surface area contributed by atoms with Gasteiger partial charge in [-0.15, -0.1) is 0 Å². The van der Waals surface area contributed by atoms with Crippen LogP contribution in [0.3, 0.4) is 0 Å². The van der Waals surface area contributed by atoms with Crippen molar-refractivity contribution in [1.82, 2.24) is 4.90 Å². The lowest BCUT2D eigenvalue weighted by atomic mass is 9.99. The summed E-state index contributed by atoms with van der Waals surface area (Å²) in [6.45, 7) is 4.37. The predicted octanol–water partition coefficient (Wildman–Crippen LogP) is 3.82. The number of imide groups is 1. The summed E-state index contributed by atoms with van der Waals surface area (Å²) in [5.74, 6) is -0.418. The van der Waals surface area contributed by atoms with Crippen LogP contribution in [0.1, 0.15) is 58.9 Å². The second-order valence-corrected chi connectivity index (χ2v) is 6.54. The lowest BCUT2D eigenvalue weighted by Gasteiger charge is -2.14. The Bertz CT molecular complexity index is 808. The Hall–Kier alpha value is -2.95. The van der Waals surface area contributed by atoms with E-state index in [1.54, 1.807) is 24.3 Å². The second-order valence-electron chi connectivity index (χ2n) is 6.54. The highest BCUT2D eigenvalue weighted by Crippen LogP contribution is 2.23. The Morgan fingerprint density at radius 2 is 1.58 bits per heavy atom. The monoisotopic (exact) mass is 350 g/mol. The number of amides is 3. The molecule has 1 heterocycles. The molecule has 1 N–H and O–H groups in total. The smallest absolute Gasteiger partial charge is 0.261 e. The van der Waals surface area contributed by atoms with Gasteiger partial charge >= 0.3 is 0 Å². The van der Waals surface area contributed by atoms with Crippen molar-refractivity contribution in [1.29, 1.82) is 0 Å². The Balaban J connectivity index is 1.57. The van der Waals surface area contributed by atoms with Crippen LogP contribution in [0.5, 0.6) is 0 Å². The molecule has 1 aliphatic rings. The van der Waals surface area contributed by atoms with Gasteiger partial charge < -0.3 is 5.32 Å². The number of hydrogen-bond donors (Lipinski definition) is 1. The summed E-state index contributed by atoms with van der Waals surface area (Å²) in [5.41, 5.74) is 2.75. The van der Waals surface area contributed by atoms with Crippen molar-refractivity contribution in [2.45, 2.75) is 32.6 Å². The van der Waals surface area contributed by atoms with E-state index in [4.69, 9.17) is 0 Å². The van der Waals surface area contributed by atoms with Gasteiger partial charge in [0.15, 0.2) is 0 Å². The van der Waals surface area contributed by atoms with Gasteiger partial charge in [0.1, 0.15) is 0 Å². The summed E-state index contributed by atoms with van der Waals surface area (Å²) in [6.07, 6.45) is 1.13. The first-order valence-electron chi connectivity index (χ1n) is 8.86. The minimum Gasteiger partial charge on any atom is -0.326 e. The molecule has 0 radical (unpaired) electrons. The van der Waals surface area contributed by atoms with Crippen LogP contribution in [-0.4, -0.2) is 29.2 Å². The number of rotatable bonds is 6. The average Bonchev–Trinajstić information content (AvgIpc) is 2.91. The van der Waals surface area contributed by atoms with Crippen LogP contribution >= 0.6 is 0 Å². The van der Waals surface area contributed by atoms with Gasteiger partial charge in [-0.25, -0.2) is 0 Å². The Kier molecular flexibility index (Phi) is 5.16. The zero-order valence-electron chi connectivity index (χ0n) is 15.0. The van der Waals surface area contributed by atoms with Crippen molar-refractivity contribution < 1.29 is 14.4 Å². The average molecular weight is 350 g/mol. The van der Waals surface area contributed by atoms with Crippen LogP contribution in [-0.2, 0) is 4.79 Å². The fourth-order valence-electron chi connectivity index (χ4n) is 3.01. The maximum atomic E-state index is 12.3.